The van der Waals surface area contributed by atoms with Crippen LogP contribution in [0.2, 0.25) is 0 Å². The van der Waals surface area contributed by atoms with E-state index < -0.39 is 24.6 Å². The van der Waals surface area contributed by atoms with Crippen molar-refractivity contribution in [1.29, 1.82) is 0 Å². The fourth-order valence-electron chi connectivity index (χ4n) is 0.578. The van der Waals surface area contributed by atoms with Crippen molar-refractivity contribution in [2.75, 3.05) is 13.2 Å². The number of hydrogen-bond acceptors (Lipinski definition) is 6. The van der Waals surface area contributed by atoms with Crippen molar-refractivity contribution in [2.45, 2.75) is 20.0 Å². The highest BCUT2D eigenvalue weighted by atomic mass is 17.2. The third-order valence-corrected chi connectivity index (χ3v) is 1.39. The maximum Gasteiger partial charge on any atom is 0.365 e. The molecule has 0 heterocycles. The number of carbonyl (C=O) groups is 2. The van der Waals surface area contributed by atoms with Crippen molar-refractivity contribution in [1.82, 2.24) is 0 Å². The second-order valence-corrected chi connectivity index (χ2v) is 3.29. The molecule has 0 aromatic rings. The largest absolute Gasteiger partial charge is 0.454 e. The van der Waals surface area contributed by atoms with Crippen LogP contribution in [0.5, 0.6) is 0 Å². The average Bonchev–Trinajstić information content (AvgIpc) is 2.37. The summed E-state index contributed by atoms with van der Waals surface area (Å²) in [6.07, 6.45) is 1.75. The number of esters is 1. The monoisotopic (exact) mass is 272 g/mol. The summed E-state index contributed by atoms with van der Waals surface area (Å²) in [5.74, 6) is -1.43. The van der Waals surface area contributed by atoms with E-state index in [0.717, 1.165) is 6.08 Å². The van der Waals surface area contributed by atoms with E-state index in [1.807, 2.05) is 6.92 Å². The van der Waals surface area contributed by atoms with Crippen LogP contribution in [0.3, 0.4) is 0 Å². The van der Waals surface area contributed by atoms with E-state index in [1.165, 1.54) is 6.92 Å². The second kappa shape index (κ2) is 12.5. The molecule has 0 aliphatic carbocycles. The molecule has 6 heteroatoms. The number of rotatable bonds is 7. The maximum absolute atomic E-state index is 11.1. The van der Waals surface area contributed by atoms with E-state index >= 15 is 0 Å². The fourth-order valence-corrected chi connectivity index (χ4v) is 0.578. The highest BCUT2D eigenvalue weighted by Gasteiger charge is 2.15. The van der Waals surface area contributed by atoms with Crippen molar-refractivity contribution in [3.05, 3.63) is 37.5 Å². The van der Waals surface area contributed by atoms with Gasteiger partial charge in [0, 0.05) is 11.6 Å². The molecule has 1 unspecified atom stereocenters. The molecule has 0 spiro atoms. The summed E-state index contributed by atoms with van der Waals surface area (Å²) >= 11 is 0. The summed E-state index contributed by atoms with van der Waals surface area (Å²) in [5, 5.41) is 8.83. The highest BCUT2D eigenvalue weighted by Crippen LogP contribution is 1.99. The van der Waals surface area contributed by atoms with Gasteiger partial charge in [-0.2, -0.15) is 4.89 Å². The number of carbonyl (C=O) groups excluding carboxylic acids is 2. The third kappa shape index (κ3) is 12.3. The predicted octanol–water partition coefficient (Wildman–Crippen LogP) is 1.32. The van der Waals surface area contributed by atoms with Gasteiger partial charge in [-0.1, -0.05) is 19.2 Å². The molecular formula is C13H20O6. The highest BCUT2D eigenvalue weighted by molar-refractivity contribution is 5.87. The van der Waals surface area contributed by atoms with Crippen LogP contribution < -0.4 is 0 Å². The Morgan fingerprint density at radius 2 is 1.89 bits per heavy atom. The predicted molar refractivity (Wildman–Crippen MR) is 69.9 cm³/mol. The molecule has 108 valence electrons. The van der Waals surface area contributed by atoms with Gasteiger partial charge >= 0.3 is 11.9 Å². The summed E-state index contributed by atoms with van der Waals surface area (Å²) in [7, 11) is 0. The molecule has 0 aromatic carbocycles. The van der Waals surface area contributed by atoms with Gasteiger partial charge < -0.3 is 9.84 Å². The van der Waals surface area contributed by atoms with E-state index in [-0.39, 0.29) is 12.2 Å². The van der Waals surface area contributed by atoms with Crippen LogP contribution >= 0.6 is 0 Å². The first-order valence-electron chi connectivity index (χ1n) is 5.43. The molecule has 0 radical (unpaired) electrons. The maximum atomic E-state index is 11.1. The normalized spacial score (nSPS) is 10.3. The summed E-state index contributed by atoms with van der Waals surface area (Å²) in [6.45, 7) is 12.5. The van der Waals surface area contributed by atoms with Crippen molar-refractivity contribution < 1.29 is 29.2 Å². The molecule has 1 N–H and O–H groups in total. The Morgan fingerprint density at radius 3 is 2.26 bits per heavy atom. The van der Waals surface area contributed by atoms with E-state index in [9.17, 15) is 9.59 Å². The number of ether oxygens (including phenoxy) is 1. The minimum atomic E-state index is -0.915. The quantitative estimate of drug-likeness (QED) is 0.247. The third-order valence-electron chi connectivity index (χ3n) is 1.39. The number of hydrogen-bond donors (Lipinski definition) is 1. The number of aliphatic hydroxyl groups is 1. The molecule has 0 rings (SSSR count). The van der Waals surface area contributed by atoms with E-state index in [0.29, 0.717) is 0 Å². The van der Waals surface area contributed by atoms with Gasteiger partial charge in [-0.3, -0.25) is 4.89 Å². The van der Waals surface area contributed by atoms with Gasteiger partial charge in [0.25, 0.3) is 0 Å². The second-order valence-electron chi connectivity index (χ2n) is 3.29. The summed E-state index contributed by atoms with van der Waals surface area (Å²) in [6, 6.07) is 0. The van der Waals surface area contributed by atoms with Crippen LogP contribution in [0.15, 0.2) is 37.5 Å². The molecule has 0 saturated heterocycles. The van der Waals surface area contributed by atoms with Crippen molar-refractivity contribution in [2.24, 2.45) is 0 Å². The van der Waals surface area contributed by atoms with Crippen LogP contribution in [-0.2, 0) is 24.1 Å². The molecule has 0 bridgehead atoms. The van der Waals surface area contributed by atoms with Crippen LogP contribution in [0.1, 0.15) is 13.8 Å². The van der Waals surface area contributed by atoms with Crippen molar-refractivity contribution in [3.8, 4) is 0 Å². The zero-order valence-electron chi connectivity index (χ0n) is 11.3. The Hall–Kier alpha value is -1.92. The smallest absolute Gasteiger partial charge is 0.365 e. The number of allylic oxidation sites excluding steroid dienone is 1. The van der Waals surface area contributed by atoms with Gasteiger partial charge in [0.05, 0.1) is 6.61 Å². The molecule has 0 amide bonds. The summed E-state index contributed by atoms with van der Waals surface area (Å²) in [4.78, 5) is 30.2. The molecule has 0 saturated carbocycles. The van der Waals surface area contributed by atoms with Gasteiger partial charge in [-0.05, 0) is 13.8 Å². The van der Waals surface area contributed by atoms with Crippen LogP contribution in [0.25, 0.3) is 0 Å². The van der Waals surface area contributed by atoms with E-state index in [2.05, 4.69) is 29.5 Å². The number of aliphatic hydroxyl groups excluding tert-OH is 1. The molecule has 19 heavy (non-hydrogen) atoms. The first kappa shape index (κ1) is 19.4. The Balaban J connectivity index is 0. The molecule has 0 aromatic heterocycles. The lowest BCUT2D eigenvalue weighted by atomic mass is 10.3. The molecule has 0 aliphatic heterocycles. The van der Waals surface area contributed by atoms with Crippen molar-refractivity contribution >= 4 is 11.9 Å². The van der Waals surface area contributed by atoms with Crippen LogP contribution in [-0.4, -0.2) is 36.4 Å². The van der Waals surface area contributed by atoms with Gasteiger partial charge in [0.15, 0.2) is 6.10 Å². The van der Waals surface area contributed by atoms with Crippen LogP contribution in [0.4, 0.5) is 0 Å². The van der Waals surface area contributed by atoms with E-state index in [1.54, 1.807) is 6.08 Å². The average molecular weight is 272 g/mol. The van der Waals surface area contributed by atoms with Crippen LogP contribution in [0, 0.1) is 0 Å². The van der Waals surface area contributed by atoms with Crippen molar-refractivity contribution in [3.63, 3.8) is 0 Å². The van der Waals surface area contributed by atoms with Gasteiger partial charge in [0.1, 0.15) is 6.61 Å². The fraction of sp³-hybridized carbons (Fsp3) is 0.385. The standard InChI is InChI=1S/C10H14O6.C3H6/c1-4-9(12)16-14-6-8(5-11)15-10(13)7(2)3;1-3-2/h4,8,11H,1-2,5-6H2,3H3;3H,1H2,2H3. The summed E-state index contributed by atoms with van der Waals surface area (Å²) < 4.78 is 4.75. The lowest BCUT2D eigenvalue weighted by Gasteiger charge is -2.14. The lowest BCUT2D eigenvalue weighted by Crippen LogP contribution is -2.27. The zero-order chi connectivity index (χ0) is 15.3. The summed E-state index contributed by atoms with van der Waals surface area (Å²) in [5.41, 5.74) is 0.196. The minimum Gasteiger partial charge on any atom is -0.454 e. The molecule has 0 fully saturated rings. The van der Waals surface area contributed by atoms with E-state index in [4.69, 9.17) is 9.84 Å². The topological polar surface area (TPSA) is 82.1 Å². The van der Waals surface area contributed by atoms with Gasteiger partial charge in [-0.25, -0.2) is 9.59 Å². The molecule has 1 atom stereocenters. The lowest BCUT2D eigenvalue weighted by molar-refractivity contribution is -0.279. The Labute approximate surface area is 112 Å². The SMILES string of the molecule is C=CC.C=CC(=O)OOCC(CO)OC(=O)C(=C)C. The molecular weight excluding hydrogens is 252 g/mol. The first-order chi connectivity index (χ1) is 8.92. The molecule has 0 aliphatic rings. The Bertz CT molecular complexity index is 321. The first-order valence-corrected chi connectivity index (χ1v) is 5.43. The Morgan fingerprint density at radius 1 is 1.37 bits per heavy atom. The van der Waals surface area contributed by atoms with Gasteiger partial charge in [-0.15, -0.1) is 6.58 Å². The van der Waals surface area contributed by atoms with Gasteiger partial charge in [0.2, 0.25) is 0 Å². The molecule has 6 nitrogen and oxygen atoms in total. The minimum absolute atomic E-state index is 0.196. The Kier molecular flexibility index (Phi) is 12.8. The zero-order valence-corrected chi connectivity index (χ0v) is 11.3.